The number of hydrogen-bond acceptors (Lipinski definition) is 7. The summed E-state index contributed by atoms with van der Waals surface area (Å²) in [5.41, 5.74) is -0.189. The van der Waals surface area contributed by atoms with Gasteiger partial charge in [-0.05, 0) is 38.5 Å². The molecule has 0 saturated carbocycles. The number of aromatic nitrogens is 2. The van der Waals surface area contributed by atoms with Crippen LogP contribution in [0.1, 0.15) is 36.8 Å². The number of carbonyl (C=O) groups excluding carboxylic acids is 3. The van der Waals surface area contributed by atoms with Gasteiger partial charge < -0.3 is 14.4 Å². The fourth-order valence-electron chi connectivity index (χ4n) is 4.63. The summed E-state index contributed by atoms with van der Waals surface area (Å²) >= 11 is 0. The molecule has 174 valence electrons. The van der Waals surface area contributed by atoms with Crippen molar-refractivity contribution in [2.75, 3.05) is 6.54 Å². The van der Waals surface area contributed by atoms with Gasteiger partial charge in [0.25, 0.3) is 5.91 Å². The van der Waals surface area contributed by atoms with E-state index in [4.69, 9.17) is 9.47 Å². The van der Waals surface area contributed by atoms with Crippen LogP contribution in [0.4, 0.5) is 4.79 Å². The first-order chi connectivity index (χ1) is 16.2. The van der Waals surface area contributed by atoms with Gasteiger partial charge in [-0.2, -0.15) is 0 Å². The Morgan fingerprint density at radius 3 is 2.44 bits per heavy atom. The lowest BCUT2D eigenvalue weighted by Gasteiger charge is -2.53. The Balaban J connectivity index is 1.36. The van der Waals surface area contributed by atoms with Crippen molar-refractivity contribution >= 4 is 29.0 Å². The third-order valence-electron chi connectivity index (χ3n) is 6.29. The number of rotatable bonds is 4. The third-order valence-corrected chi connectivity index (χ3v) is 6.29. The lowest BCUT2D eigenvalue weighted by molar-refractivity contribution is -0.201. The van der Waals surface area contributed by atoms with Gasteiger partial charge in [-0.25, -0.2) is 14.6 Å². The van der Waals surface area contributed by atoms with Crippen molar-refractivity contribution in [3.8, 4) is 0 Å². The summed E-state index contributed by atoms with van der Waals surface area (Å²) in [6.45, 7) is 5.58. The van der Waals surface area contributed by atoms with Gasteiger partial charge in [-0.15, -0.1) is 0 Å². The van der Waals surface area contributed by atoms with E-state index < -0.39 is 29.4 Å². The van der Waals surface area contributed by atoms with E-state index in [0.717, 1.165) is 5.56 Å². The molecule has 2 unspecified atom stereocenters. The average molecular weight is 460 g/mol. The molecule has 9 heteroatoms. The molecule has 0 N–H and O–H groups in total. The van der Waals surface area contributed by atoms with Crippen molar-refractivity contribution in [1.29, 1.82) is 0 Å². The molecule has 0 radical (unpaired) electrons. The molecule has 5 rings (SSSR count). The fourth-order valence-corrected chi connectivity index (χ4v) is 4.63. The highest BCUT2D eigenvalue weighted by Crippen LogP contribution is 2.47. The Morgan fingerprint density at radius 1 is 1.03 bits per heavy atom. The van der Waals surface area contributed by atoms with Crippen molar-refractivity contribution in [3.05, 3.63) is 72.1 Å². The van der Waals surface area contributed by atoms with E-state index in [1.165, 1.54) is 18.0 Å². The molecule has 3 heterocycles. The second-order valence-corrected chi connectivity index (χ2v) is 9.27. The maximum Gasteiger partial charge on any atom is 0.411 e. The largest absolute Gasteiger partial charge is 0.444 e. The molecule has 9 nitrogen and oxygen atoms in total. The van der Waals surface area contributed by atoms with Crippen LogP contribution in [-0.4, -0.2) is 61.6 Å². The summed E-state index contributed by atoms with van der Waals surface area (Å²) in [6, 6.07) is 16.5. The average Bonchev–Trinajstić information content (AvgIpc) is 3.12. The number of hydrogen-bond donors (Lipinski definition) is 0. The van der Waals surface area contributed by atoms with E-state index in [2.05, 4.69) is 9.97 Å². The van der Waals surface area contributed by atoms with Gasteiger partial charge in [0.1, 0.15) is 6.61 Å². The predicted octanol–water partition coefficient (Wildman–Crippen LogP) is 3.14. The van der Waals surface area contributed by atoms with Crippen LogP contribution in [0, 0.1) is 0 Å². The quantitative estimate of drug-likeness (QED) is 0.435. The van der Waals surface area contributed by atoms with E-state index in [9.17, 15) is 14.4 Å². The first kappa shape index (κ1) is 21.8. The summed E-state index contributed by atoms with van der Waals surface area (Å²) in [5.74, 6) is -1.15. The maximum absolute atomic E-state index is 13.1. The van der Waals surface area contributed by atoms with Crippen LogP contribution in [0.5, 0.6) is 0 Å². The van der Waals surface area contributed by atoms with Crippen LogP contribution in [0.3, 0.4) is 0 Å². The highest BCUT2D eigenvalue weighted by molar-refractivity contribution is 5.99. The SMILES string of the molecule is CC1(OC(=O)c2cnc3ccccc3n2)C(=O)N2C1N(C(=O)OCc1ccccc1)CC2(C)C. The van der Waals surface area contributed by atoms with Crippen LogP contribution in [0.25, 0.3) is 11.0 Å². The third kappa shape index (κ3) is 3.44. The topological polar surface area (TPSA) is 102 Å². The van der Waals surface area contributed by atoms with E-state index in [-0.39, 0.29) is 24.8 Å². The summed E-state index contributed by atoms with van der Waals surface area (Å²) in [6.07, 6.45) is -0.0419. The number of amides is 2. The molecule has 2 atom stereocenters. The minimum atomic E-state index is -1.57. The van der Waals surface area contributed by atoms with Crippen LogP contribution in [0.15, 0.2) is 60.8 Å². The zero-order valence-electron chi connectivity index (χ0n) is 19.1. The highest BCUT2D eigenvalue weighted by Gasteiger charge is 2.71. The number of nitrogens with zero attached hydrogens (tertiary/aromatic N) is 4. The number of fused-ring (bicyclic) bond motifs is 2. The van der Waals surface area contributed by atoms with Crippen LogP contribution >= 0.6 is 0 Å². The monoisotopic (exact) mass is 460 g/mol. The smallest absolute Gasteiger partial charge is 0.411 e. The summed E-state index contributed by atoms with van der Waals surface area (Å²) in [7, 11) is 0. The van der Waals surface area contributed by atoms with Crippen molar-refractivity contribution in [2.45, 2.75) is 44.7 Å². The molecular formula is C25H24N4O5. The molecule has 2 amide bonds. The van der Waals surface area contributed by atoms with E-state index >= 15 is 0 Å². The molecule has 2 fully saturated rings. The van der Waals surface area contributed by atoms with Gasteiger partial charge >= 0.3 is 12.1 Å². The number of para-hydroxylation sites is 2. The van der Waals surface area contributed by atoms with Crippen LogP contribution < -0.4 is 0 Å². The highest BCUT2D eigenvalue weighted by atomic mass is 16.6. The fraction of sp³-hybridized carbons (Fsp3) is 0.320. The first-order valence-corrected chi connectivity index (χ1v) is 11.0. The molecule has 2 saturated heterocycles. The number of β-lactam (4-membered cyclic amide) rings is 1. The van der Waals surface area contributed by atoms with Crippen LogP contribution in [-0.2, 0) is 20.9 Å². The molecule has 0 spiro atoms. The van der Waals surface area contributed by atoms with Crippen molar-refractivity contribution in [1.82, 2.24) is 19.8 Å². The Labute approximate surface area is 196 Å². The second-order valence-electron chi connectivity index (χ2n) is 9.27. The molecule has 34 heavy (non-hydrogen) atoms. The van der Waals surface area contributed by atoms with Gasteiger partial charge in [0.2, 0.25) is 5.60 Å². The van der Waals surface area contributed by atoms with E-state index in [1.807, 2.05) is 50.2 Å². The lowest BCUT2D eigenvalue weighted by atomic mass is 9.87. The minimum absolute atomic E-state index is 0.0124. The zero-order valence-corrected chi connectivity index (χ0v) is 19.1. The summed E-state index contributed by atoms with van der Waals surface area (Å²) < 4.78 is 11.2. The van der Waals surface area contributed by atoms with Gasteiger partial charge in [-0.3, -0.25) is 14.7 Å². The Morgan fingerprint density at radius 2 is 1.71 bits per heavy atom. The van der Waals surface area contributed by atoms with Gasteiger partial charge in [0.05, 0.1) is 22.8 Å². The van der Waals surface area contributed by atoms with Crippen molar-refractivity contribution in [2.24, 2.45) is 0 Å². The number of esters is 1. The van der Waals surface area contributed by atoms with E-state index in [1.54, 1.807) is 23.1 Å². The molecule has 2 aromatic carbocycles. The molecule has 0 bridgehead atoms. The molecule has 2 aliphatic heterocycles. The predicted molar refractivity (Wildman–Crippen MR) is 121 cm³/mol. The lowest BCUT2D eigenvalue weighted by Crippen LogP contribution is -2.77. The Kier molecular flexibility index (Phi) is 5.00. The van der Waals surface area contributed by atoms with Gasteiger partial charge in [0.15, 0.2) is 11.9 Å². The second kappa shape index (κ2) is 7.79. The standard InChI is InChI=1S/C25H24N4O5/c1-24(2)15-28(23(32)33-14-16-9-5-4-6-10-16)21-25(3,22(31)29(21)24)34-20(30)19-13-26-17-11-7-8-12-18(17)27-19/h4-13,21H,14-15H2,1-3H3. The molecular weight excluding hydrogens is 436 g/mol. The number of benzene rings is 2. The first-order valence-electron chi connectivity index (χ1n) is 11.0. The number of carbonyl (C=O) groups is 3. The normalized spacial score (nSPS) is 22.8. The Bertz CT molecular complexity index is 1290. The zero-order chi connectivity index (χ0) is 24.1. The molecule has 2 aliphatic rings. The molecule has 1 aromatic heterocycles. The van der Waals surface area contributed by atoms with Crippen molar-refractivity contribution in [3.63, 3.8) is 0 Å². The molecule has 0 aliphatic carbocycles. The summed E-state index contributed by atoms with van der Waals surface area (Å²) in [5, 5.41) is 0. The van der Waals surface area contributed by atoms with Gasteiger partial charge in [-0.1, -0.05) is 42.5 Å². The maximum atomic E-state index is 13.1. The van der Waals surface area contributed by atoms with Crippen LogP contribution in [0.2, 0.25) is 0 Å². The molecule has 3 aromatic rings. The van der Waals surface area contributed by atoms with Gasteiger partial charge in [0, 0.05) is 6.54 Å². The number of ether oxygens (including phenoxy) is 2. The Hall–Kier alpha value is -4.01. The van der Waals surface area contributed by atoms with E-state index in [0.29, 0.717) is 11.0 Å². The minimum Gasteiger partial charge on any atom is -0.444 e. The summed E-state index contributed by atoms with van der Waals surface area (Å²) in [4.78, 5) is 50.6. The van der Waals surface area contributed by atoms with Crippen molar-refractivity contribution < 1.29 is 23.9 Å².